The fourth-order valence-corrected chi connectivity index (χ4v) is 3.63. The zero-order chi connectivity index (χ0) is 22.4. The van der Waals surface area contributed by atoms with Crippen molar-refractivity contribution < 1.29 is 9.53 Å². The molecule has 0 aliphatic rings. The van der Waals surface area contributed by atoms with Crippen molar-refractivity contribution in [2.24, 2.45) is 0 Å². The van der Waals surface area contributed by atoms with Crippen LogP contribution in [0.2, 0.25) is 5.02 Å². The highest BCUT2D eigenvalue weighted by atomic mass is 79.9. The van der Waals surface area contributed by atoms with Crippen LogP contribution < -0.4 is 10.1 Å². The number of hydrogen-bond acceptors (Lipinski definition) is 3. The SMILES string of the molecule is COc1cc(/C=C(\C#N)C(=O)Nc2ccc(C)c(Cl)c2)ccc1Cc1ccccc1Br. The van der Waals surface area contributed by atoms with Crippen LogP contribution >= 0.6 is 27.5 Å². The lowest BCUT2D eigenvalue weighted by atomic mass is 10.0. The Balaban J connectivity index is 1.83. The van der Waals surface area contributed by atoms with E-state index in [0.717, 1.165) is 21.2 Å². The molecule has 0 aliphatic carbocycles. The van der Waals surface area contributed by atoms with E-state index in [1.165, 1.54) is 6.08 Å². The van der Waals surface area contributed by atoms with Gasteiger partial charge in [-0.25, -0.2) is 0 Å². The van der Waals surface area contributed by atoms with E-state index >= 15 is 0 Å². The smallest absolute Gasteiger partial charge is 0.266 e. The van der Waals surface area contributed by atoms with E-state index in [1.807, 2.05) is 61.5 Å². The molecule has 0 atom stereocenters. The third-order valence-electron chi connectivity index (χ3n) is 4.76. The molecule has 4 nitrogen and oxygen atoms in total. The molecule has 1 N–H and O–H groups in total. The first-order valence-electron chi connectivity index (χ1n) is 9.51. The van der Waals surface area contributed by atoms with E-state index in [1.54, 1.807) is 19.2 Å². The first-order valence-corrected chi connectivity index (χ1v) is 10.7. The molecule has 0 saturated heterocycles. The number of carbonyl (C=O) groups excluding carboxylic acids is 1. The first-order chi connectivity index (χ1) is 14.9. The largest absolute Gasteiger partial charge is 0.496 e. The predicted octanol–water partition coefficient (Wildman–Crippen LogP) is 6.56. The van der Waals surface area contributed by atoms with E-state index in [-0.39, 0.29) is 5.57 Å². The number of benzene rings is 3. The fourth-order valence-electron chi connectivity index (χ4n) is 3.03. The van der Waals surface area contributed by atoms with Crippen LogP contribution in [0.15, 0.2) is 70.7 Å². The van der Waals surface area contributed by atoms with E-state index in [2.05, 4.69) is 21.2 Å². The lowest BCUT2D eigenvalue weighted by molar-refractivity contribution is -0.112. The summed E-state index contributed by atoms with van der Waals surface area (Å²) in [5, 5.41) is 12.8. The maximum absolute atomic E-state index is 12.6. The van der Waals surface area contributed by atoms with Gasteiger partial charge in [-0.3, -0.25) is 4.79 Å². The number of nitrogens with zero attached hydrogens (tertiary/aromatic N) is 1. The lowest BCUT2D eigenvalue weighted by Gasteiger charge is -2.11. The van der Waals surface area contributed by atoms with Crippen LogP contribution in [0.5, 0.6) is 5.75 Å². The zero-order valence-corrected chi connectivity index (χ0v) is 19.4. The predicted molar refractivity (Wildman–Crippen MR) is 128 cm³/mol. The van der Waals surface area contributed by atoms with Crippen LogP contribution in [0, 0.1) is 18.3 Å². The number of aryl methyl sites for hydroxylation is 1. The van der Waals surface area contributed by atoms with Gasteiger partial charge in [-0.05, 0) is 59.5 Å². The van der Waals surface area contributed by atoms with Gasteiger partial charge in [0.15, 0.2) is 0 Å². The summed E-state index contributed by atoms with van der Waals surface area (Å²) in [7, 11) is 1.60. The van der Waals surface area contributed by atoms with Gasteiger partial charge < -0.3 is 10.1 Å². The fraction of sp³-hybridized carbons (Fsp3) is 0.120. The number of nitrogens with one attached hydrogen (secondary N) is 1. The third kappa shape index (κ3) is 5.75. The highest BCUT2D eigenvalue weighted by Crippen LogP contribution is 2.27. The summed E-state index contributed by atoms with van der Waals surface area (Å²) in [6.07, 6.45) is 2.23. The number of ether oxygens (including phenoxy) is 1. The molecule has 156 valence electrons. The van der Waals surface area contributed by atoms with Crippen LogP contribution in [0.25, 0.3) is 6.08 Å². The number of halogens is 2. The molecular weight excluding hydrogens is 476 g/mol. The second-order valence-electron chi connectivity index (χ2n) is 6.93. The third-order valence-corrected chi connectivity index (χ3v) is 5.94. The van der Waals surface area contributed by atoms with Crippen molar-refractivity contribution in [2.45, 2.75) is 13.3 Å². The number of nitriles is 1. The Kier molecular flexibility index (Phi) is 7.51. The molecule has 1 amide bonds. The van der Waals surface area contributed by atoms with Crippen LogP contribution in [-0.4, -0.2) is 13.0 Å². The van der Waals surface area contributed by atoms with Crippen molar-refractivity contribution in [3.05, 3.63) is 98.0 Å². The number of rotatable bonds is 6. The number of methoxy groups -OCH3 is 1. The molecule has 0 bridgehead atoms. The Morgan fingerprint density at radius 2 is 1.94 bits per heavy atom. The summed E-state index contributed by atoms with van der Waals surface area (Å²) in [4.78, 5) is 12.6. The Bertz CT molecular complexity index is 1200. The van der Waals surface area contributed by atoms with Crippen LogP contribution in [-0.2, 0) is 11.2 Å². The molecule has 0 unspecified atom stereocenters. The van der Waals surface area contributed by atoms with Crippen molar-refractivity contribution in [2.75, 3.05) is 12.4 Å². The highest BCUT2D eigenvalue weighted by molar-refractivity contribution is 9.10. The average Bonchev–Trinajstić information content (AvgIpc) is 2.76. The topological polar surface area (TPSA) is 62.1 Å². The maximum Gasteiger partial charge on any atom is 0.266 e. The van der Waals surface area contributed by atoms with Crippen molar-refractivity contribution in [3.8, 4) is 11.8 Å². The average molecular weight is 496 g/mol. The van der Waals surface area contributed by atoms with E-state index < -0.39 is 5.91 Å². The molecule has 0 aliphatic heterocycles. The Labute approximate surface area is 195 Å². The van der Waals surface area contributed by atoms with Gasteiger partial charge >= 0.3 is 0 Å². The van der Waals surface area contributed by atoms with E-state index in [4.69, 9.17) is 16.3 Å². The minimum Gasteiger partial charge on any atom is -0.496 e. The zero-order valence-electron chi connectivity index (χ0n) is 17.1. The minimum atomic E-state index is -0.501. The van der Waals surface area contributed by atoms with Crippen molar-refractivity contribution in [1.29, 1.82) is 5.26 Å². The second-order valence-corrected chi connectivity index (χ2v) is 8.19. The molecule has 0 fully saturated rings. The number of carbonyl (C=O) groups is 1. The number of amides is 1. The molecule has 0 aromatic heterocycles. The molecule has 3 aromatic carbocycles. The summed E-state index contributed by atoms with van der Waals surface area (Å²) in [5.41, 5.74) is 4.26. The molecule has 0 heterocycles. The summed E-state index contributed by atoms with van der Waals surface area (Å²) >= 11 is 9.68. The quantitative estimate of drug-likeness (QED) is 0.311. The number of anilines is 1. The lowest BCUT2D eigenvalue weighted by Crippen LogP contribution is -2.13. The maximum atomic E-state index is 12.6. The standard InChI is InChI=1S/C25H20BrClN2O2/c1-16-7-10-21(14-23(16)27)29-25(30)20(15-28)11-17-8-9-19(24(12-17)31-2)13-18-5-3-4-6-22(18)26/h3-12,14H,13H2,1-2H3,(H,29,30)/b20-11+. The van der Waals surface area contributed by atoms with Gasteiger partial charge in [-0.15, -0.1) is 0 Å². The van der Waals surface area contributed by atoms with Gasteiger partial charge in [0.05, 0.1) is 7.11 Å². The molecule has 31 heavy (non-hydrogen) atoms. The molecular formula is C25H20BrClN2O2. The second kappa shape index (κ2) is 10.3. The normalized spacial score (nSPS) is 11.0. The first kappa shape index (κ1) is 22.6. The van der Waals surface area contributed by atoms with Gasteiger partial charge in [0, 0.05) is 21.6 Å². The van der Waals surface area contributed by atoms with Gasteiger partial charge in [0.25, 0.3) is 5.91 Å². The highest BCUT2D eigenvalue weighted by Gasteiger charge is 2.12. The molecule has 3 aromatic rings. The Hall–Kier alpha value is -3.07. The van der Waals surface area contributed by atoms with E-state index in [9.17, 15) is 10.1 Å². The van der Waals surface area contributed by atoms with Crippen LogP contribution in [0.1, 0.15) is 22.3 Å². The van der Waals surface area contributed by atoms with Crippen molar-refractivity contribution in [1.82, 2.24) is 0 Å². The van der Waals surface area contributed by atoms with Gasteiger partial charge in [0.1, 0.15) is 17.4 Å². The minimum absolute atomic E-state index is 0.0164. The summed E-state index contributed by atoms with van der Waals surface area (Å²) < 4.78 is 6.58. The van der Waals surface area contributed by atoms with Gasteiger partial charge in [0.2, 0.25) is 0 Å². The van der Waals surface area contributed by atoms with Crippen molar-refractivity contribution >= 4 is 45.2 Å². The van der Waals surface area contributed by atoms with Crippen LogP contribution in [0.3, 0.4) is 0 Å². The van der Waals surface area contributed by atoms with Crippen LogP contribution in [0.4, 0.5) is 5.69 Å². The van der Waals surface area contributed by atoms with Crippen molar-refractivity contribution in [3.63, 3.8) is 0 Å². The molecule has 3 rings (SSSR count). The van der Waals surface area contributed by atoms with Gasteiger partial charge in [-0.2, -0.15) is 5.26 Å². The molecule has 0 radical (unpaired) electrons. The molecule has 6 heteroatoms. The molecule has 0 spiro atoms. The molecule has 0 saturated carbocycles. The Morgan fingerprint density at radius 3 is 2.61 bits per heavy atom. The monoisotopic (exact) mass is 494 g/mol. The summed E-state index contributed by atoms with van der Waals surface area (Å²) in [6, 6.07) is 20.8. The van der Waals surface area contributed by atoms with E-state index in [0.29, 0.717) is 28.4 Å². The van der Waals surface area contributed by atoms with Gasteiger partial charge in [-0.1, -0.05) is 63.9 Å². The summed E-state index contributed by atoms with van der Waals surface area (Å²) in [5.74, 6) is 0.186. The number of hydrogen-bond donors (Lipinski definition) is 1. The summed E-state index contributed by atoms with van der Waals surface area (Å²) in [6.45, 7) is 1.88. The Morgan fingerprint density at radius 1 is 1.16 bits per heavy atom.